The van der Waals surface area contributed by atoms with Gasteiger partial charge in [0.1, 0.15) is 0 Å². The van der Waals surface area contributed by atoms with Gasteiger partial charge in [-0.3, -0.25) is 9.69 Å². The fourth-order valence-electron chi connectivity index (χ4n) is 4.32. The molecular weight excluding hydrogens is 238 g/mol. The second-order valence-corrected chi connectivity index (χ2v) is 6.81. The summed E-state index contributed by atoms with van der Waals surface area (Å²) < 4.78 is 0. The Bertz CT molecular complexity index is 295. The van der Waals surface area contributed by atoms with Crippen LogP contribution in [-0.2, 0) is 4.79 Å². The van der Waals surface area contributed by atoms with E-state index in [2.05, 4.69) is 18.7 Å². The molecule has 0 bridgehead atoms. The van der Waals surface area contributed by atoms with Crippen LogP contribution >= 0.6 is 0 Å². The Hall–Kier alpha value is -0.570. The average Bonchev–Trinajstić information content (AvgIpc) is 2.37. The van der Waals surface area contributed by atoms with Gasteiger partial charge in [-0.15, -0.1) is 0 Å². The van der Waals surface area contributed by atoms with Gasteiger partial charge < -0.3 is 5.11 Å². The lowest BCUT2D eigenvalue weighted by molar-refractivity contribution is -0.137. The zero-order chi connectivity index (χ0) is 13.8. The maximum atomic E-state index is 10.7. The van der Waals surface area contributed by atoms with Crippen LogP contribution in [0.5, 0.6) is 0 Å². The first-order chi connectivity index (χ1) is 9.08. The van der Waals surface area contributed by atoms with Gasteiger partial charge in [0.25, 0.3) is 0 Å². The van der Waals surface area contributed by atoms with Crippen molar-refractivity contribution in [3.8, 4) is 0 Å². The molecule has 3 heteroatoms. The number of aliphatic carboxylic acids is 1. The molecule has 1 N–H and O–H groups in total. The number of hydrogen-bond donors (Lipinski definition) is 1. The van der Waals surface area contributed by atoms with Crippen molar-refractivity contribution in [3.63, 3.8) is 0 Å². The SMILES string of the molecule is CC1CCCC(C)C1N1CCCC(CCC(=O)O)C1. The summed E-state index contributed by atoms with van der Waals surface area (Å²) in [6.07, 6.45) is 7.79. The number of carboxylic acids is 1. The van der Waals surface area contributed by atoms with E-state index in [1.54, 1.807) is 0 Å². The number of piperidine rings is 1. The summed E-state index contributed by atoms with van der Waals surface area (Å²) in [4.78, 5) is 13.4. The van der Waals surface area contributed by atoms with E-state index in [-0.39, 0.29) is 0 Å². The molecule has 19 heavy (non-hydrogen) atoms. The van der Waals surface area contributed by atoms with Crippen LogP contribution in [0.1, 0.15) is 58.8 Å². The Morgan fingerprint density at radius 1 is 1.16 bits per heavy atom. The molecule has 1 heterocycles. The van der Waals surface area contributed by atoms with Gasteiger partial charge in [-0.05, 0) is 56.4 Å². The van der Waals surface area contributed by atoms with E-state index in [1.165, 1.54) is 38.6 Å². The van der Waals surface area contributed by atoms with Gasteiger partial charge in [-0.2, -0.15) is 0 Å². The highest BCUT2D eigenvalue weighted by molar-refractivity contribution is 5.66. The predicted octanol–water partition coefficient (Wildman–Crippen LogP) is 3.39. The van der Waals surface area contributed by atoms with E-state index >= 15 is 0 Å². The molecule has 1 saturated carbocycles. The molecule has 3 atom stereocenters. The molecule has 0 amide bonds. The summed E-state index contributed by atoms with van der Waals surface area (Å²) in [6, 6.07) is 0.737. The van der Waals surface area contributed by atoms with Crippen LogP contribution < -0.4 is 0 Å². The first-order valence-electron chi connectivity index (χ1n) is 8.03. The van der Waals surface area contributed by atoms with Crippen LogP contribution in [0.15, 0.2) is 0 Å². The topological polar surface area (TPSA) is 40.5 Å². The molecule has 1 aliphatic heterocycles. The van der Waals surface area contributed by atoms with Gasteiger partial charge in [0, 0.05) is 19.0 Å². The first-order valence-corrected chi connectivity index (χ1v) is 8.03. The van der Waals surface area contributed by atoms with Crippen molar-refractivity contribution >= 4 is 5.97 Å². The number of rotatable bonds is 4. The van der Waals surface area contributed by atoms with Crippen LogP contribution in [0.25, 0.3) is 0 Å². The highest BCUT2D eigenvalue weighted by Gasteiger charge is 2.34. The third-order valence-corrected chi connectivity index (χ3v) is 5.22. The summed E-state index contributed by atoms with van der Waals surface area (Å²) >= 11 is 0. The number of likely N-dealkylation sites (tertiary alicyclic amines) is 1. The molecule has 3 nitrogen and oxygen atoms in total. The van der Waals surface area contributed by atoms with Crippen LogP contribution in [0.4, 0.5) is 0 Å². The molecule has 2 rings (SSSR count). The van der Waals surface area contributed by atoms with Gasteiger partial charge in [0.05, 0.1) is 0 Å². The molecule has 0 radical (unpaired) electrons. The highest BCUT2D eigenvalue weighted by Crippen LogP contribution is 2.35. The van der Waals surface area contributed by atoms with E-state index < -0.39 is 5.97 Å². The predicted molar refractivity (Wildman–Crippen MR) is 77.1 cm³/mol. The highest BCUT2D eigenvalue weighted by atomic mass is 16.4. The largest absolute Gasteiger partial charge is 0.481 e. The van der Waals surface area contributed by atoms with Crippen molar-refractivity contribution in [3.05, 3.63) is 0 Å². The molecule has 1 saturated heterocycles. The Labute approximate surface area is 117 Å². The molecule has 3 unspecified atom stereocenters. The Kier molecular flexibility index (Phi) is 5.26. The number of carbonyl (C=O) groups is 1. The molecule has 110 valence electrons. The van der Waals surface area contributed by atoms with Gasteiger partial charge in [-0.25, -0.2) is 0 Å². The lowest BCUT2D eigenvalue weighted by Crippen LogP contribution is -2.50. The fourth-order valence-corrected chi connectivity index (χ4v) is 4.32. The lowest BCUT2D eigenvalue weighted by atomic mass is 9.76. The smallest absolute Gasteiger partial charge is 0.303 e. The Morgan fingerprint density at radius 3 is 2.47 bits per heavy atom. The van der Waals surface area contributed by atoms with Crippen LogP contribution in [0.2, 0.25) is 0 Å². The maximum Gasteiger partial charge on any atom is 0.303 e. The van der Waals surface area contributed by atoms with Crippen LogP contribution in [0, 0.1) is 17.8 Å². The summed E-state index contributed by atoms with van der Waals surface area (Å²) in [5.41, 5.74) is 0. The van der Waals surface area contributed by atoms with Crippen LogP contribution in [0.3, 0.4) is 0 Å². The van der Waals surface area contributed by atoms with Gasteiger partial charge in [-0.1, -0.05) is 20.3 Å². The quantitative estimate of drug-likeness (QED) is 0.849. The summed E-state index contributed by atoms with van der Waals surface area (Å²) in [5, 5.41) is 8.83. The van der Waals surface area contributed by atoms with Crippen molar-refractivity contribution in [2.45, 2.75) is 64.8 Å². The van der Waals surface area contributed by atoms with E-state index in [1.807, 2.05) is 0 Å². The van der Waals surface area contributed by atoms with E-state index in [9.17, 15) is 4.79 Å². The molecule has 0 aromatic heterocycles. The normalized spacial score (nSPS) is 37.2. The monoisotopic (exact) mass is 267 g/mol. The second kappa shape index (κ2) is 6.74. The molecule has 1 aliphatic carbocycles. The second-order valence-electron chi connectivity index (χ2n) is 6.81. The number of hydrogen-bond acceptors (Lipinski definition) is 2. The van der Waals surface area contributed by atoms with E-state index in [0.717, 1.165) is 30.8 Å². The zero-order valence-electron chi connectivity index (χ0n) is 12.5. The summed E-state index contributed by atoms with van der Waals surface area (Å²) in [7, 11) is 0. The third kappa shape index (κ3) is 3.95. The van der Waals surface area contributed by atoms with Crippen molar-refractivity contribution < 1.29 is 9.90 Å². The van der Waals surface area contributed by atoms with E-state index in [0.29, 0.717) is 12.3 Å². The molecule has 0 spiro atoms. The van der Waals surface area contributed by atoms with Gasteiger partial charge >= 0.3 is 5.97 Å². The van der Waals surface area contributed by atoms with Crippen molar-refractivity contribution in [1.29, 1.82) is 0 Å². The Balaban J connectivity index is 1.90. The molecule has 0 aromatic carbocycles. The fraction of sp³-hybridized carbons (Fsp3) is 0.938. The number of nitrogens with zero attached hydrogens (tertiary/aromatic N) is 1. The minimum absolute atomic E-state index is 0.342. The van der Waals surface area contributed by atoms with E-state index in [4.69, 9.17) is 5.11 Å². The molecule has 0 aromatic rings. The lowest BCUT2D eigenvalue weighted by Gasteiger charge is -2.46. The van der Waals surface area contributed by atoms with Gasteiger partial charge in [0.2, 0.25) is 0 Å². The van der Waals surface area contributed by atoms with Crippen LogP contribution in [-0.4, -0.2) is 35.1 Å². The minimum Gasteiger partial charge on any atom is -0.481 e. The minimum atomic E-state index is -0.642. The third-order valence-electron chi connectivity index (χ3n) is 5.22. The van der Waals surface area contributed by atoms with Crippen molar-refractivity contribution in [2.24, 2.45) is 17.8 Å². The Morgan fingerprint density at radius 2 is 1.84 bits per heavy atom. The summed E-state index contributed by atoms with van der Waals surface area (Å²) in [6.45, 7) is 7.16. The van der Waals surface area contributed by atoms with Crippen molar-refractivity contribution in [2.75, 3.05) is 13.1 Å². The summed E-state index contributed by atoms with van der Waals surface area (Å²) in [5.74, 6) is 1.58. The molecule has 2 fully saturated rings. The molecular formula is C16H29NO2. The maximum absolute atomic E-state index is 10.7. The van der Waals surface area contributed by atoms with Crippen molar-refractivity contribution in [1.82, 2.24) is 4.90 Å². The number of carboxylic acid groups (broad SMARTS) is 1. The zero-order valence-corrected chi connectivity index (χ0v) is 12.5. The average molecular weight is 267 g/mol. The molecule has 2 aliphatic rings. The first kappa shape index (κ1) is 14.8. The van der Waals surface area contributed by atoms with Gasteiger partial charge in [0.15, 0.2) is 0 Å². The standard InChI is InChI=1S/C16H29NO2/c1-12-5-3-6-13(2)16(12)17-10-4-7-14(11-17)8-9-15(18)19/h12-14,16H,3-11H2,1-2H3,(H,18,19).